The van der Waals surface area contributed by atoms with Crippen molar-refractivity contribution in [2.45, 2.75) is 13.8 Å². The maximum atomic E-state index is 5.86. The molecule has 16 heavy (non-hydrogen) atoms. The van der Waals surface area contributed by atoms with Gasteiger partial charge in [0.1, 0.15) is 5.76 Å². The van der Waals surface area contributed by atoms with Gasteiger partial charge in [-0.2, -0.15) is 0 Å². The van der Waals surface area contributed by atoms with Crippen LogP contribution in [-0.2, 0) is 0 Å². The van der Waals surface area contributed by atoms with Crippen LogP contribution >= 0.6 is 0 Å². The zero-order valence-electron chi connectivity index (χ0n) is 9.36. The summed E-state index contributed by atoms with van der Waals surface area (Å²) in [5, 5.41) is 0. The summed E-state index contributed by atoms with van der Waals surface area (Å²) in [6, 6.07) is 5.53. The van der Waals surface area contributed by atoms with E-state index in [0.29, 0.717) is 23.9 Å². The topological polar surface area (TPSA) is 61.3 Å². The number of rotatable bonds is 3. The minimum atomic E-state index is 0.535. The third-order valence-corrected chi connectivity index (χ3v) is 2.19. The first-order valence-corrected chi connectivity index (χ1v) is 5.16. The highest BCUT2D eigenvalue weighted by atomic mass is 16.5. The van der Waals surface area contributed by atoms with Gasteiger partial charge in [0, 0.05) is 0 Å². The summed E-state index contributed by atoms with van der Waals surface area (Å²) in [7, 11) is 0. The molecule has 1 aromatic heterocycles. The summed E-state index contributed by atoms with van der Waals surface area (Å²) >= 11 is 0. The first-order chi connectivity index (χ1) is 7.72. The number of hydrogen-bond donors (Lipinski definition) is 1. The van der Waals surface area contributed by atoms with E-state index < -0.39 is 0 Å². The van der Waals surface area contributed by atoms with Crippen molar-refractivity contribution in [3.8, 4) is 17.2 Å². The molecule has 4 heteroatoms. The van der Waals surface area contributed by atoms with Gasteiger partial charge < -0.3 is 14.9 Å². The van der Waals surface area contributed by atoms with Gasteiger partial charge in [-0.3, -0.25) is 0 Å². The van der Waals surface area contributed by atoms with Crippen LogP contribution < -0.4 is 10.5 Å². The van der Waals surface area contributed by atoms with Crippen molar-refractivity contribution in [3.63, 3.8) is 0 Å². The summed E-state index contributed by atoms with van der Waals surface area (Å²) < 4.78 is 11.0. The molecule has 0 amide bonds. The molecule has 0 radical (unpaired) electrons. The molecule has 0 unspecified atom stereocenters. The molecule has 4 nitrogen and oxygen atoms in total. The smallest absolute Gasteiger partial charge is 0.230 e. The normalized spacial score (nSPS) is 10.4. The number of hydrogen-bond acceptors (Lipinski definition) is 4. The van der Waals surface area contributed by atoms with Gasteiger partial charge in [-0.15, -0.1) is 0 Å². The van der Waals surface area contributed by atoms with Crippen molar-refractivity contribution < 1.29 is 9.15 Å². The third-order valence-electron chi connectivity index (χ3n) is 2.19. The van der Waals surface area contributed by atoms with Crippen LogP contribution in [0.5, 0.6) is 5.75 Å². The Balaban J connectivity index is 2.51. The van der Waals surface area contributed by atoms with Crippen molar-refractivity contribution >= 4 is 5.69 Å². The maximum absolute atomic E-state index is 5.86. The molecule has 0 bridgehead atoms. The first-order valence-electron chi connectivity index (χ1n) is 5.16. The van der Waals surface area contributed by atoms with Gasteiger partial charge in [0.2, 0.25) is 5.89 Å². The van der Waals surface area contributed by atoms with Crippen LogP contribution in [0.25, 0.3) is 11.5 Å². The second kappa shape index (κ2) is 4.26. The molecule has 1 aromatic carbocycles. The number of anilines is 1. The number of para-hydroxylation sites is 1. The second-order valence-electron chi connectivity index (χ2n) is 3.43. The average molecular weight is 218 g/mol. The number of nitrogen functional groups attached to an aromatic ring is 1. The van der Waals surface area contributed by atoms with E-state index in [9.17, 15) is 0 Å². The molecule has 0 spiro atoms. The predicted molar refractivity (Wildman–Crippen MR) is 62.3 cm³/mol. The van der Waals surface area contributed by atoms with E-state index in [-0.39, 0.29) is 0 Å². The van der Waals surface area contributed by atoms with E-state index in [2.05, 4.69) is 4.98 Å². The highest BCUT2D eigenvalue weighted by Gasteiger charge is 2.13. The van der Waals surface area contributed by atoms with E-state index in [1.807, 2.05) is 26.0 Å². The number of nitrogens with zero attached hydrogens (tertiary/aromatic N) is 1. The molecule has 2 N–H and O–H groups in total. The molecule has 2 rings (SSSR count). The van der Waals surface area contributed by atoms with Crippen LogP contribution in [0.4, 0.5) is 5.69 Å². The minimum absolute atomic E-state index is 0.535. The fraction of sp³-hybridized carbons (Fsp3) is 0.250. The van der Waals surface area contributed by atoms with Gasteiger partial charge in [-0.1, -0.05) is 6.07 Å². The molecule has 84 valence electrons. The zero-order valence-corrected chi connectivity index (χ0v) is 9.36. The Hall–Kier alpha value is -1.97. The van der Waals surface area contributed by atoms with Crippen molar-refractivity contribution in [2.75, 3.05) is 12.3 Å². The summed E-state index contributed by atoms with van der Waals surface area (Å²) in [4.78, 5) is 4.17. The number of aryl methyl sites for hydroxylation is 1. The van der Waals surface area contributed by atoms with Crippen LogP contribution in [0.2, 0.25) is 0 Å². The standard InChI is InChI=1S/C12H14N2O2/c1-3-15-11-9(5-4-6-10(11)13)12-14-7-8(2)16-12/h4-7H,3,13H2,1-2H3. The van der Waals surface area contributed by atoms with Crippen LogP contribution in [0.3, 0.4) is 0 Å². The van der Waals surface area contributed by atoms with E-state index in [1.165, 1.54) is 0 Å². The molecule has 0 aliphatic heterocycles. The molecule has 0 saturated heterocycles. The largest absolute Gasteiger partial charge is 0.491 e. The van der Waals surface area contributed by atoms with Gasteiger partial charge in [0.15, 0.2) is 5.75 Å². The highest BCUT2D eigenvalue weighted by molar-refractivity contribution is 5.72. The van der Waals surface area contributed by atoms with E-state index in [1.54, 1.807) is 12.3 Å². The Bertz CT molecular complexity index is 492. The summed E-state index contributed by atoms with van der Waals surface area (Å²) in [5.41, 5.74) is 7.24. The second-order valence-corrected chi connectivity index (χ2v) is 3.43. The zero-order chi connectivity index (χ0) is 11.5. The highest BCUT2D eigenvalue weighted by Crippen LogP contribution is 2.34. The lowest BCUT2D eigenvalue weighted by Gasteiger charge is -2.09. The summed E-state index contributed by atoms with van der Waals surface area (Å²) in [5.74, 6) is 1.93. The Labute approximate surface area is 94.1 Å². The molecular weight excluding hydrogens is 204 g/mol. The van der Waals surface area contributed by atoms with Gasteiger partial charge in [0.05, 0.1) is 24.1 Å². The number of aromatic nitrogens is 1. The predicted octanol–water partition coefficient (Wildman–Crippen LogP) is 2.63. The molecule has 0 saturated carbocycles. The Morgan fingerprint density at radius 2 is 2.25 bits per heavy atom. The van der Waals surface area contributed by atoms with Crippen molar-refractivity contribution in [3.05, 3.63) is 30.2 Å². The lowest BCUT2D eigenvalue weighted by Crippen LogP contribution is -1.98. The number of nitrogens with two attached hydrogens (primary N) is 1. The SMILES string of the molecule is CCOc1c(N)cccc1-c1ncc(C)o1. The summed E-state index contributed by atoms with van der Waals surface area (Å²) in [6.45, 7) is 4.32. The molecule has 0 aliphatic rings. The van der Waals surface area contributed by atoms with E-state index in [0.717, 1.165) is 11.3 Å². The van der Waals surface area contributed by atoms with Crippen LogP contribution in [0.15, 0.2) is 28.8 Å². The molecule has 0 atom stereocenters. The van der Waals surface area contributed by atoms with E-state index >= 15 is 0 Å². The molecular formula is C12H14N2O2. The Morgan fingerprint density at radius 3 is 2.88 bits per heavy atom. The molecule has 0 fully saturated rings. The first kappa shape index (κ1) is 10.5. The minimum Gasteiger partial charge on any atom is -0.491 e. The average Bonchev–Trinajstić information content (AvgIpc) is 2.68. The van der Waals surface area contributed by atoms with Crippen molar-refractivity contribution in [1.29, 1.82) is 0 Å². The van der Waals surface area contributed by atoms with Crippen LogP contribution in [0.1, 0.15) is 12.7 Å². The van der Waals surface area contributed by atoms with Crippen molar-refractivity contribution in [2.24, 2.45) is 0 Å². The van der Waals surface area contributed by atoms with Gasteiger partial charge in [0.25, 0.3) is 0 Å². The lowest BCUT2D eigenvalue weighted by molar-refractivity contribution is 0.342. The lowest BCUT2D eigenvalue weighted by atomic mass is 10.1. The summed E-state index contributed by atoms with van der Waals surface area (Å²) in [6.07, 6.45) is 1.67. The Morgan fingerprint density at radius 1 is 1.44 bits per heavy atom. The molecule has 2 aromatic rings. The molecule has 0 aliphatic carbocycles. The van der Waals surface area contributed by atoms with E-state index in [4.69, 9.17) is 14.9 Å². The fourth-order valence-corrected chi connectivity index (χ4v) is 1.51. The van der Waals surface area contributed by atoms with Gasteiger partial charge >= 0.3 is 0 Å². The van der Waals surface area contributed by atoms with Crippen LogP contribution in [0, 0.1) is 6.92 Å². The molecule has 1 heterocycles. The number of oxazole rings is 1. The van der Waals surface area contributed by atoms with Gasteiger partial charge in [-0.25, -0.2) is 4.98 Å². The quantitative estimate of drug-likeness (QED) is 0.804. The fourth-order valence-electron chi connectivity index (χ4n) is 1.51. The number of benzene rings is 1. The monoisotopic (exact) mass is 218 g/mol. The number of ether oxygens (including phenoxy) is 1. The third kappa shape index (κ3) is 1.86. The maximum Gasteiger partial charge on any atom is 0.230 e. The van der Waals surface area contributed by atoms with Gasteiger partial charge in [-0.05, 0) is 26.0 Å². The van der Waals surface area contributed by atoms with Crippen LogP contribution in [-0.4, -0.2) is 11.6 Å². The Kier molecular flexibility index (Phi) is 2.81. The van der Waals surface area contributed by atoms with Crippen molar-refractivity contribution in [1.82, 2.24) is 4.98 Å².